The van der Waals surface area contributed by atoms with E-state index in [0.717, 1.165) is 18.7 Å². The minimum Gasteiger partial charge on any atom is -0.465 e. The van der Waals surface area contributed by atoms with E-state index in [1.165, 1.54) is 4.90 Å². The van der Waals surface area contributed by atoms with Crippen LogP contribution in [0.5, 0.6) is 0 Å². The topological polar surface area (TPSA) is 78.4 Å². The summed E-state index contributed by atoms with van der Waals surface area (Å²) >= 11 is 5.69. The van der Waals surface area contributed by atoms with E-state index in [0.29, 0.717) is 36.1 Å². The van der Waals surface area contributed by atoms with Crippen LogP contribution in [-0.2, 0) is 0 Å². The zero-order valence-corrected chi connectivity index (χ0v) is 11.0. The number of halogens is 1. The minimum absolute atomic E-state index is 0.349. The molecule has 102 valence electrons. The summed E-state index contributed by atoms with van der Waals surface area (Å²) in [5.41, 5.74) is 0. The molecule has 7 heteroatoms. The molecule has 6 nitrogen and oxygen atoms in total. The normalized spacial score (nSPS) is 29.3. The van der Waals surface area contributed by atoms with E-state index >= 15 is 0 Å². The molecule has 1 aliphatic carbocycles. The van der Waals surface area contributed by atoms with E-state index < -0.39 is 6.09 Å². The first-order valence-electron chi connectivity index (χ1n) is 6.35. The molecular formula is C12H15ClN4O2. The van der Waals surface area contributed by atoms with Crippen LogP contribution in [0.3, 0.4) is 0 Å². The molecule has 2 unspecified atom stereocenters. The van der Waals surface area contributed by atoms with Crippen LogP contribution in [0.15, 0.2) is 12.1 Å². The standard InChI is InChI=1S/C12H15ClN4O2/c13-10-1-2-11(16-15-10)14-9-3-7-5-17(12(18)19)6-8(7)4-9/h1-2,7-9H,3-6H2,(H,14,16)(H,18,19)/t7-,8?,9?/m1/s1. The van der Waals surface area contributed by atoms with Gasteiger partial charge in [-0.15, -0.1) is 10.2 Å². The quantitative estimate of drug-likeness (QED) is 0.866. The third-order valence-corrected chi connectivity index (χ3v) is 4.21. The van der Waals surface area contributed by atoms with E-state index in [1.54, 1.807) is 6.07 Å². The SMILES string of the molecule is O=C(O)N1CC2CC(Nc3ccc(Cl)nn3)C[C@@H]2C1. The molecule has 2 aliphatic rings. The van der Waals surface area contributed by atoms with Crippen LogP contribution in [0.25, 0.3) is 0 Å². The molecule has 0 bridgehead atoms. The molecule has 1 saturated heterocycles. The molecule has 3 rings (SSSR count). The Kier molecular flexibility index (Phi) is 3.18. The number of nitrogens with zero attached hydrogens (tertiary/aromatic N) is 3. The van der Waals surface area contributed by atoms with Crippen LogP contribution in [0.1, 0.15) is 12.8 Å². The summed E-state index contributed by atoms with van der Waals surface area (Å²) in [6.07, 6.45) is 1.17. The summed E-state index contributed by atoms with van der Waals surface area (Å²) in [6.45, 7) is 1.31. The number of fused-ring (bicyclic) bond motifs is 1. The van der Waals surface area contributed by atoms with E-state index in [1.807, 2.05) is 6.07 Å². The minimum atomic E-state index is -0.803. The van der Waals surface area contributed by atoms with Gasteiger partial charge in [-0.2, -0.15) is 0 Å². The predicted octanol–water partition coefficient (Wildman–Crippen LogP) is 1.93. The van der Waals surface area contributed by atoms with Gasteiger partial charge in [-0.25, -0.2) is 4.79 Å². The number of aromatic nitrogens is 2. The lowest BCUT2D eigenvalue weighted by molar-refractivity contribution is 0.152. The van der Waals surface area contributed by atoms with Crippen LogP contribution in [0.4, 0.5) is 10.6 Å². The highest BCUT2D eigenvalue weighted by atomic mass is 35.5. The summed E-state index contributed by atoms with van der Waals surface area (Å²) < 4.78 is 0. The van der Waals surface area contributed by atoms with Crippen molar-refractivity contribution in [3.63, 3.8) is 0 Å². The molecule has 2 heterocycles. The zero-order valence-electron chi connectivity index (χ0n) is 10.3. The van der Waals surface area contributed by atoms with Crippen molar-refractivity contribution in [2.24, 2.45) is 11.8 Å². The largest absolute Gasteiger partial charge is 0.465 e. The Bertz CT molecular complexity index is 467. The third-order valence-electron chi connectivity index (χ3n) is 4.01. The van der Waals surface area contributed by atoms with E-state index in [-0.39, 0.29) is 0 Å². The number of hydrogen-bond donors (Lipinski definition) is 2. The molecule has 1 aliphatic heterocycles. The van der Waals surface area contributed by atoms with Crippen molar-refractivity contribution in [3.8, 4) is 0 Å². The second-order valence-corrected chi connectivity index (χ2v) is 5.65. The van der Waals surface area contributed by atoms with Crippen molar-refractivity contribution in [1.29, 1.82) is 0 Å². The van der Waals surface area contributed by atoms with Crippen LogP contribution >= 0.6 is 11.6 Å². The van der Waals surface area contributed by atoms with Crippen LogP contribution in [-0.4, -0.2) is 45.4 Å². The monoisotopic (exact) mass is 282 g/mol. The number of nitrogens with one attached hydrogen (secondary N) is 1. The molecule has 1 aromatic rings. The highest BCUT2D eigenvalue weighted by molar-refractivity contribution is 6.29. The first-order chi connectivity index (χ1) is 9.11. The van der Waals surface area contributed by atoms with Crippen LogP contribution < -0.4 is 5.32 Å². The lowest BCUT2D eigenvalue weighted by Gasteiger charge is -2.17. The average Bonchev–Trinajstić information content (AvgIpc) is 2.90. The van der Waals surface area contributed by atoms with Gasteiger partial charge < -0.3 is 15.3 Å². The molecule has 2 fully saturated rings. The first kappa shape index (κ1) is 12.5. The number of rotatable bonds is 2. The van der Waals surface area contributed by atoms with Crippen molar-refractivity contribution >= 4 is 23.5 Å². The Morgan fingerprint density at radius 2 is 2.00 bits per heavy atom. The molecule has 1 aromatic heterocycles. The highest BCUT2D eigenvalue weighted by Gasteiger charge is 2.42. The van der Waals surface area contributed by atoms with Gasteiger partial charge in [0.25, 0.3) is 0 Å². The van der Waals surface area contributed by atoms with E-state index in [9.17, 15) is 4.79 Å². The van der Waals surface area contributed by atoms with Crippen molar-refractivity contribution in [1.82, 2.24) is 15.1 Å². The zero-order chi connectivity index (χ0) is 13.4. The molecule has 3 atom stereocenters. The maximum atomic E-state index is 10.9. The van der Waals surface area contributed by atoms with E-state index in [4.69, 9.17) is 16.7 Å². The fourth-order valence-corrected chi connectivity index (χ4v) is 3.28. The number of carboxylic acid groups (broad SMARTS) is 1. The van der Waals surface area contributed by atoms with Crippen LogP contribution in [0, 0.1) is 11.8 Å². The number of amides is 1. The number of hydrogen-bond acceptors (Lipinski definition) is 4. The molecule has 2 N–H and O–H groups in total. The van der Waals surface area contributed by atoms with Gasteiger partial charge >= 0.3 is 6.09 Å². The van der Waals surface area contributed by atoms with Gasteiger partial charge in [-0.3, -0.25) is 0 Å². The Morgan fingerprint density at radius 1 is 1.32 bits per heavy atom. The molecular weight excluding hydrogens is 268 g/mol. The summed E-state index contributed by atoms with van der Waals surface area (Å²) in [5, 5.41) is 20.5. The van der Waals surface area contributed by atoms with Gasteiger partial charge in [0.1, 0.15) is 5.82 Å². The fraction of sp³-hybridized carbons (Fsp3) is 0.583. The molecule has 19 heavy (non-hydrogen) atoms. The van der Waals surface area contributed by atoms with Gasteiger partial charge in [0.05, 0.1) is 0 Å². The summed E-state index contributed by atoms with van der Waals surface area (Å²) in [5.74, 6) is 1.66. The molecule has 0 radical (unpaired) electrons. The van der Waals surface area contributed by atoms with Crippen molar-refractivity contribution in [2.75, 3.05) is 18.4 Å². The Balaban J connectivity index is 1.57. The van der Waals surface area contributed by atoms with Gasteiger partial charge in [-0.05, 0) is 36.8 Å². The Labute approximate surface area is 115 Å². The molecule has 1 saturated carbocycles. The van der Waals surface area contributed by atoms with Gasteiger partial charge in [0, 0.05) is 19.1 Å². The Hall–Kier alpha value is -1.56. The lowest BCUT2D eigenvalue weighted by Crippen LogP contribution is -2.29. The summed E-state index contributed by atoms with van der Waals surface area (Å²) in [7, 11) is 0. The smallest absolute Gasteiger partial charge is 0.407 e. The van der Waals surface area contributed by atoms with Gasteiger partial charge in [-0.1, -0.05) is 11.6 Å². The molecule has 1 amide bonds. The average molecular weight is 283 g/mol. The fourth-order valence-electron chi connectivity index (χ4n) is 3.18. The van der Waals surface area contributed by atoms with Crippen molar-refractivity contribution in [3.05, 3.63) is 17.3 Å². The van der Waals surface area contributed by atoms with Gasteiger partial charge in [0.2, 0.25) is 0 Å². The third kappa shape index (κ3) is 2.58. The molecule has 0 spiro atoms. The van der Waals surface area contributed by atoms with E-state index in [2.05, 4.69) is 15.5 Å². The highest BCUT2D eigenvalue weighted by Crippen LogP contribution is 2.39. The van der Waals surface area contributed by atoms with Crippen molar-refractivity contribution < 1.29 is 9.90 Å². The Morgan fingerprint density at radius 3 is 2.53 bits per heavy atom. The summed E-state index contributed by atoms with van der Waals surface area (Å²) in [4.78, 5) is 12.4. The summed E-state index contributed by atoms with van der Waals surface area (Å²) in [6, 6.07) is 3.87. The predicted molar refractivity (Wildman–Crippen MR) is 70.3 cm³/mol. The number of carbonyl (C=O) groups is 1. The number of anilines is 1. The second kappa shape index (κ2) is 4.85. The van der Waals surface area contributed by atoms with Gasteiger partial charge in [0.15, 0.2) is 5.15 Å². The second-order valence-electron chi connectivity index (χ2n) is 5.26. The van der Waals surface area contributed by atoms with Crippen LogP contribution in [0.2, 0.25) is 5.15 Å². The maximum Gasteiger partial charge on any atom is 0.407 e. The van der Waals surface area contributed by atoms with Crippen molar-refractivity contribution in [2.45, 2.75) is 18.9 Å². The maximum absolute atomic E-state index is 10.9. The first-order valence-corrected chi connectivity index (χ1v) is 6.73. The lowest BCUT2D eigenvalue weighted by atomic mass is 10.0. The molecule has 0 aromatic carbocycles. The number of likely N-dealkylation sites (tertiary alicyclic amines) is 1.